The van der Waals surface area contributed by atoms with E-state index in [9.17, 15) is 17.6 Å². The fourth-order valence-electron chi connectivity index (χ4n) is 3.23. The molecule has 0 aromatic heterocycles. The van der Waals surface area contributed by atoms with Crippen molar-refractivity contribution >= 4 is 27.3 Å². The largest absolute Gasteiger partial charge is 0.380 e. The minimum atomic E-state index is -4.11. The predicted molar refractivity (Wildman–Crippen MR) is 109 cm³/mol. The van der Waals surface area contributed by atoms with Crippen LogP contribution in [0.25, 0.3) is 0 Å². The number of ether oxygens (including phenoxy) is 1. The van der Waals surface area contributed by atoms with E-state index in [1.165, 1.54) is 12.1 Å². The first-order valence-electron chi connectivity index (χ1n) is 9.31. The third-order valence-electron chi connectivity index (χ3n) is 4.78. The molecule has 0 spiro atoms. The van der Waals surface area contributed by atoms with Gasteiger partial charge in [-0.1, -0.05) is 12.1 Å². The first kappa shape index (κ1) is 21.2. The number of hydrogen-bond donors (Lipinski definition) is 2. The normalized spacial score (nSPS) is 17.2. The lowest BCUT2D eigenvalue weighted by Gasteiger charge is -2.33. The van der Waals surface area contributed by atoms with Crippen LogP contribution in [-0.4, -0.2) is 47.2 Å². The summed E-state index contributed by atoms with van der Waals surface area (Å²) in [4.78, 5) is 13.8. The molecule has 29 heavy (non-hydrogen) atoms. The SMILES string of the molecule is COC1CCCN(c2ccc(NC(=O)CNS(=O)(=O)c3ccccc3F)cc2)C1. The van der Waals surface area contributed by atoms with E-state index in [2.05, 4.69) is 14.9 Å². The van der Waals surface area contributed by atoms with Gasteiger partial charge < -0.3 is 15.0 Å². The monoisotopic (exact) mass is 421 g/mol. The lowest BCUT2D eigenvalue weighted by atomic mass is 10.1. The second kappa shape index (κ2) is 9.34. The summed E-state index contributed by atoms with van der Waals surface area (Å²) in [5.41, 5.74) is 1.58. The maximum Gasteiger partial charge on any atom is 0.243 e. The number of benzene rings is 2. The van der Waals surface area contributed by atoms with Crippen molar-refractivity contribution < 1.29 is 22.3 Å². The summed E-state index contributed by atoms with van der Waals surface area (Å²) in [7, 11) is -2.40. The first-order valence-corrected chi connectivity index (χ1v) is 10.8. The van der Waals surface area contributed by atoms with Crippen LogP contribution in [-0.2, 0) is 19.6 Å². The summed E-state index contributed by atoms with van der Waals surface area (Å²) in [6.45, 7) is 1.27. The van der Waals surface area contributed by atoms with Crippen LogP contribution in [0.15, 0.2) is 53.4 Å². The number of methoxy groups -OCH3 is 1. The molecule has 0 radical (unpaired) electrons. The van der Waals surface area contributed by atoms with Gasteiger partial charge in [0, 0.05) is 31.6 Å². The Hall–Kier alpha value is -2.49. The second-order valence-corrected chi connectivity index (χ2v) is 8.53. The summed E-state index contributed by atoms with van der Waals surface area (Å²) >= 11 is 0. The zero-order chi connectivity index (χ0) is 20.9. The highest BCUT2D eigenvalue weighted by atomic mass is 32.2. The number of sulfonamides is 1. The van der Waals surface area contributed by atoms with Crippen LogP contribution in [0.1, 0.15) is 12.8 Å². The molecule has 156 valence electrons. The highest BCUT2D eigenvalue weighted by molar-refractivity contribution is 7.89. The van der Waals surface area contributed by atoms with Crippen molar-refractivity contribution in [3.05, 3.63) is 54.3 Å². The summed E-state index contributed by atoms with van der Waals surface area (Å²) in [5.74, 6) is -1.42. The van der Waals surface area contributed by atoms with E-state index in [-0.39, 0.29) is 6.10 Å². The molecule has 2 N–H and O–H groups in total. The molecule has 1 amide bonds. The standard InChI is InChI=1S/C20H24FN3O4S/c1-28-17-5-4-12-24(14-17)16-10-8-15(9-11-16)23-20(25)13-22-29(26,27)19-7-3-2-6-18(19)21/h2-3,6-11,17,22H,4-5,12-14H2,1H3,(H,23,25). The lowest BCUT2D eigenvalue weighted by Crippen LogP contribution is -2.39. The topological polar surface area (TPSA) is 87.7 Å². The molecule has 1 saturated heterocycles. The van der Waals surface area contributed by atoms with Crippen molar-refractivity contribution in [1.82, 2.24) is 4.72 Å². The molecule has 9 heteroatoms. The van der Waals surface area contributed by atoms with Gasteiger partial charge in [0.2, 0.25) is 15.9 Å². The fourth-order valence-corrected chi connectivity index (χ4v) is 4.29. The van der Waals surface area contributed by atoms with Crippen LogP contribution in [0, 0.1) is 5.82 Å². The molecule has 2 aromatic rings. The Bertz CT molecular complexity index is 950. The molecule has 0 bridgehead atoms. The number of amides is 1. The lowest BCUT2D eigenvalue weighted by molar-refractivity contribution is -0.115. The van der Waals surface area contributed by atoms with Crippen LogP contribution in [0.3, 0.4) is 0 Å². The van der Waals surface area contributed by atoms with Gasteiger partial charge in [-0.3, -0.25) is 4.79 Å². The fraction of sp³-hybridized carbons (Fsp3) is 0.350. The molecule has 1 heterocycles. The maximum atomic E-state index is 13.7. The van der Waals surface area contributed by atoms with Crippen LogP contribution in [0.5, 0.6) is 0 Å². The van der Waals surface area contributed by atoms with Gasteiger partial charge in [-0.15, -0.1) is 0 Å². The maximum absolute atomic E-state index is 13.7. The molecule has 0 aliphatic carbocycles. The van der Waals surface area contributed by atoms with Crippen molar-refractivity contribution in [2.45, 2.75) is 23.8 Å². The van der Waals surface area contributed by atoms with Gasteiger partial charge in [-0.05, 0) is 49.2 Å². The van der Waals surface area contributed by atoms with Crippen molar-refractivity contribution in [2.75, 3.05) is 37.0 Å². The van der Waals surface area contributed by atoms with Gasteiger partial charge >= 0.3 is 0 Å². The van der Waals surface area contributed by atoms with Crippen LogP contribution >= 0.6 is 0 Å². The number of carbonyl (C=O) groups excluding carboxylic acids is 1. The van der Waals surface area contributed by atoms with E-state index >= 15 is 0 Å². The highest BCUT2D eigenvalue weighted by Crippen LogP contribution is 2.23. The number of hydrogen-bond acceptors (Lipinski definition) is 5. The van der Waals surface area contributed by atoms with Crippen molar-refractivity contribution in [1.29, 1.82) is 0 Å². The zero-order valence-corrected chi connectivity index (χ0v) is 16.9. The number of nitrogens with one attached hydrogen (secondary N) is 2. The van der Waals surface area contributed by atoms with E-state index in [4.69, 9.17) is 4.74 Å². The molecule has 1 atom stereocenters. The number of anilines is 2. The molecule has 0 saturated carbocycles. The minimum Gasteiger partial charge on any atom is -0.380 e. The van der Waals surface area contributed by atoms with E-state index in [0.717, 1.165) is 43.8 Å². The molecule has 2 aromatic carbocycles. The Morgan fingerprint density at radius 1 is 1.21 bits per heavy atom. The average molecular weight is 421 g/mol. The summed E-state index contributed by atoms with van der Waals surface area (Å²) in [6.07, 6.45) is 2.31. The molecule has 1 aliphatic rings. The van der Waals surface area contributed by atoms with E-state index in [0.29, 0.717) is 5.69 Å². The Morgan fingerprint density at radius 3 is 2.62 bits per heavy atom. The van der Waals surface area contributed by atoms with Gasteiger partial charge in [-0.25, -0.2) is 17.5 Å². The summed E-state index contributed by atoms with van der Waals surface area (Å²) in [6, 6.07) is 12.3. The molecule has 1 aliphatic heterocycles. The number of carbonyl (C=O) groups is 1. The first-order chi connectivity index (χ1) is 13.9. The van der Waals surface area contributed by atoms with Crippen LogP contribution in [0.4, 0.5) is 15.8 Å². The smallest absolute Gasteiger partial charge is 0.243 e. The molecular formula is C20H24FN3O4S. The third-order valence-corrected chi connectivity index (χ3v) is 6.21. The van der Waals surface area contributed by atoms with E-state index in [1.807, 2.05) is 12.1 Å². The van der Waals surface area contributed by atoms with Gasteiger partial charge in [0.15, 0.2) is 0 Å². The van der Waals surface area contributed by atoms with Gasteiger partial charge in [0.25, 0.3) is 0 Å². The van der Waals surface area contributed by atoms with Gasteiger partial charge in [0.1, 0.15) is 10.7 Å². The molecule has 3 rings (SSSR count). The number of halogens is 1. The predicted octanol–water partition coefficient (Wildman–Crippen LogP) is 2.36. The Balaban J connectivity index is 1.55. The molecule has 1 unspecified atom stereocenters. The van der Waals surface area contributed by atoms with Crippen molar-refractivity contribution in [3.63, 3.8) is 0 Å². The molecule has 1 fully saturated rings. The Kier molecular flexibility index (Phi) is 6.83. The minimum absolute atomic E-state index is 0.214. The number of nitrogens with zero attached hydrogens (tertiary/aromatic N) is 1. The second-order valence-electron chi connectivity index (χ2n) is 6.80. The van der Waals surface area contributed by atoms with E-state index in [1.54, 1.807) is 19.2 Å². The summed E-state index contributed by atoms with van der Waals surface area (Å²) in [5, 5.41) is 2.63. The van der Waals surface area contributed by atoms with Gasteiger partial charge in [-0.2, -0.15) is 0 Å². The van der Waals surface area contributed by atoms with Crippen molar-refractivity contribution in [2.24, 2.45) is 0 Å². The Morgan fingerprint density at radius 2 is 1.93 bits per heavy atom. The van der Waals surface area contributed by atoms with Crippen LogP contribution in [0.2, 0.25) is 0 Å². The highest BCUT2D eigenvalue weighted by Gasteiger charge is 2.21. The average Bonchev–Trinajstić information content (AvgIpc) is 2.73. The quantitative estimate of drug-likeness (QED) is 0.717. The number of rotatable bonds is 7. The van der Waals surface area contributed by atoms with Crippen LogP contribution < -0.4 is 14.9 Å². The number of piperidine rings is 1. The molecule has 7 nitrogen and oxygen atoms in total. The molecular weight excluding hydrogens is 397 g/mol. The van der Waals surface area contributed by atoms with E-state index < -0.39 is 33.2 Å². The van der Waals surface area contributed by atoms with Crippen molar-refractivity contribution in [3.8, 4) is 0 Å². The summed E-state index contributed by atoms with van der Waals surface area (Å²) < 4.78 is 45.5. The van der Waals surface area contributed by atoms with Gasteiger partial charge in [0.05, 0.1) is 12.6 Å². The Labute approximate surface area is 169 Å². The third kappa shape index (κ3) is 5.53. The zero-order valence-electron chi connectivity index (χ0n) is 16.1.